The molecule has 2 aromatic rings. The van der Waals surface area contributed by atoms with E-state index in [4.69, 9.17) is 0 Å². The van der Waals surface area contributed by atoms with E-state index in [9.17, 15) is 24.5 Å². The van der Waals surface area contributed by atoms with Gasteiger partial charge in [-0.1, -0.05) is 28.1 Å². The van der Waals surface area contributed by atoms with E-state index < -0.39 is 34.5 Å². The second-order valence-corrected chi connectivity index (χ2v) is 7.46. The number of carbonyl (C=O) groups excluding carboxylic acids is 3. The smallest absolute Gasteiger partial charge is 0.293 e. The van der Waals surface area contributed by atoms with Crippen molar-refractivity contribution in [1.82, 2.24) is 0 Å². The van der Waals surface area contributed by atoms with Gasteiger partial charge in [0.2, 0.25) is 5.91 Å². The van der Waals surface area contributed by atoms with Crippen molar-refractivity contribution in [3.8, 4) is 0 Å². The molecule has 0 radical (unpaired) electrons. The van der Waals surface area contributed by atoms with Crippen molar-refractivity contribution in [3.05, 3.63) is 63.1 Å². The Morgan fingerprint density at radius 3 is 2.38 bits per heavy atom. The van der Waals surface area contributed by atoms with E-state index in [1.165, 1.54) is 36.2 Å². The third-order valence-corrected chi connectivity index (χ3v) is 5.35. The van der Waals surface area contributed by atoms with Crippen LogP contribution in [0.25, 0.3) is 0 Å². The van der Waals surface area contributed by atoms with Gasteiger partial charge < -0.3 is 0 Å². The standard InChI is InChI=1S/C19H13BrN4O5/c1-10(25)16-15-17(23(21-16)12-8-6-11(20)7-9-12)19(27)22(18(15)26)13-4-2-3-5-14(13)24(28)29/h2-9,15,17H,1H3/t15-,17-/m0/s1. The molecule has 0 aliphatic carbocycles. The summed E-state index contributed by atoms with van der Waals surface area (Å²) in [6, 6.07) is 11.3. The number of hydrogen-bond acceptors (Lipinski definition) is 7. The normalized spacial score (nSPS) is 20.7. The number of rotatable bonds is 4. The average Bonchev–Trinajstić information content (AvgIpc) is 3.20. The second-order valence-electron chi connectivity index (χ2n) is 6.54. The third kappa shape index (κ3) is 2.92. The van der Waals surface area contributed by atoms with Gasteiger partial charge in [-0.2, -0.15) is 5.10 Å². The van der Waals surface area contributed by atoms with Crippen molar-refractivity contribution in [1.29, 1.82) is 0 Å². The Bertz CT molecular complexity index is 1100. The molecule has 0 N–H and O–H groups in total. The zero-order chi connectivity index (χ0) is 20.9. The van der Waals surface area contributed by atoms with Crippen LogP contribution in [0.4, 0.5) is 17.1 Å². The highest BCUT2D eigenvalue weighted by atomic mass is 79.9. The Labute approximate surface area is 172 Å². The molecule has 29 heavy (non-hydrogen) atoms. The van der Waals surface area contributed by atoms with Crippen LogP contribution in [0.5, 0.6) is 0 Å². The Morgan fingerprint density at radius 1 is 1.10 bits per heavy atom. The fraction of sp³-hybridized carbons (Fsp3) is 0.158. The van der Waals surface area contributed by atoms with E-state index in [1.54, 1.807) is 24.3 Å². The van der Waals surface area contributed by atoms with Crippen LogP contribution in [-0.2, 0) is 14.4 Å². The molecule has 0 bridgehead atoms. The molecular weight excluding hydrogens is 444 g/mol. The van der Waals surface area contributed by atoms with Gasteiger partial charge in [0.05, 0.1) is 10.6 Å². The molecule has 0 unspecified atom stereocenters. The summed E-state index contributed by atoms with van der Waals surface area (Å²) in [6.45, 7) is 1.27. The van der Waals surface area contributed by atoms with Gasteiger partial charge in [-0.05, 0) is 30.3 Å². The SMILES string of the molecule is CC(=O)C1=NN(c2ccc(Br)cc2)[C@@H]2C(=O)N(c3ccccc3[N+](=O)[O-])C(=O)[C@@H]12. The summed E-state index contributed by atoms with van der Waals surface area (Å²) in [6.07, 6.45) is 0. The van der Waals surface area contributed by atoms with Crippen LogP contribution in [0.1, 0.15) is 6.92 Å². The second kappa shape index (κ2) is 6.89. The van der Waals surface area contributed by atoms with E-state index in [-0.39, 0.29) is 17.1 Å². The number of hydrazone groups is 1. The number of benzene rings is 2. The molecule has 0 aromatic heterocycles. The highest BCUT2D eigenvalue weighted by Gasteiger charge is 2.58. The first-order chi connectivity index (χ1) is 13.8. The summed E-state index contributed by atoms with van der Waals surface area (Å²) in [7, 11) is 0. The summed E-state index contributed by atoms with van der Waals surface area (Å²) < 4.78 is 0.808. The molecule has 2 heterocycles. The molecule has 9 nitrogen and oxygen atoms in total. The number of ketones is 1. The number of imide groups is 1. The zero-order valence-corrected chi connectivity index (χ0v) is 16.6. The van der Waals surface area contributed by atoms with Crippen LogP contribution in [-0.4, -0.2) is 34.3 Å². The van der Waals surface area contributed by atoms with Crippen molar-refractivity contribution in [2.45, 2.75) is 13.0 Å². The Balaban J connectivity index is 1.83. The van der Waals surface area contributed by atoms with Crippen LogP contribution in [0.2, 0.25) is 0 Å². The largest absolute Gasteiger partial charge is 0.293 e. The lowest BCUT2D eigenvalue weighted by atomic mass is 9.95. The van der Waals surface area contributed by atoms with Crippen LogP contribution < -0.4 is 9.91 Å². The third-order valence-electron chi connectivity index (χ3n) is 4.82. The minimum absolute atomic E-state index is 0.0441. The summed E-state index contributed by atoms with van der Waals surface area (Å²) in [4.78, 5) is 50.0. The molecule has 1 fully saturated rings. The van der Waals surface area contributed by atoms with Gasteiger partial charge in [0, 0.05) is 17.5 Å². The Morgan fingerprint density at radius 2 is 1.76 bits per heavy atom. The monoisotopic (exact) mass is 456 g/mol. The molecule has 2 amide bonds. The van der Waals surface area contributed by atoms with Crippen LogP contribution in [0, 0.1) is 16.0 Å². The lowest BCUT2D eigenvalue weighted by Gasteiger charge is -2.22. The first kappa shape index (κ1) is 18.9. The average molecular weight is 457 g/mol. The Hall–Kier alpha value is -3.40. The Kier molecular flexibility index (Phi) is 4.50. The number of amides is 2. The fourth-order valence-corrected chi connectivity index (χ4v) is 3.82. The molecule has 2 aromatic carbocycles. The number of halogens is 1. The highest BCUT2D eigenvalue weighted by molar-refractivity contribution is 9.10. The quantitative estimate of drug-likeness (QED) is 0.396. The molecule has 146 valence electrons. The highest BCUT2D eigenvalue weighted by Crippen LogP contribution is 2.40. The van der Waals surface area contributed by atoms with Gasteiger partial charge in [0.25, 0.3) is 11.6 Å². The topological polar surface area (TPSA) is 113 Å². The summed E-state index contributed by atoms with van der Waals surface area (Å²) >= 11 is 3.33. The maximum absolute atomic E-state index is 13.2. The van der Waals surface area contributed by atoms with Crippen LogP contribution >= 0.6 is 15.9 Å². The number of anilines is 2. The van der Waals surface area contributed by atoms with E-state index in [2.05, 4.69) is 21.0 Å². The van der Waals surface area contributed by atoms with Gasteiger partial charge in [0.1, 0.15) is 23.4 Å². The van der Waals surface area contributed by atoms with Crippen molar-refractivity contribution in [3.63, 3.8) is 0 Å². The molecule has 2 atom stereocenters. The molecule has 4 rings (SSSR count). The van der Waals surface area contributed by atoms with E-state index in [0.717, 1.165) is 9.37 Å². The number of hydrogen-bond donors (Lipinski definition) is 0. The lowest BCUT2D eigenvalue weighted by molar-refractivity contribution is -0.384. The fourth-order valence-electron chi connectivity index (χ4n) is 3.56. The number of carbonyl (C=O) groups is 3. The minimum Gasteiger partial charge on any atom is -0.293 e. The van der Waals surface area contributed by atoms with Gasteiger partial charge in [-0.25, -0.2) is 4.90 Å². The summed E-state index contributed by atoms with van der Waals surface area (Å²) in [5, 5.41) is 17.0. The first-order valence-electron chi connectivity index (χ1n) is 8.56. The number of nitrogens with zero attached hydrogens (tertiary/aromatic N) is 4. The van der Waals surface area contributed by atoms with Crippen molar-refractivity contribution < 1.29 is 19.3 Å². The summed E-state index contributed by atoms with van der Waals surface area (Å²) in [5.74, 6) is -2.94. The predicted octanol–water partition coefficient (Wildman–Crippen LogP) is 2.68. The number of nitro benzene ring substituents is 1. The number of Topliss-reactive ketones (excluding diaryl/α,β-unsaturated/α-hetero) is 1. The molecular formula is C19H13BrN4O5. The minimum atomic E-state index is -1.12. The van der Waals surface area contributed by atoms with Crippen molar-refractivity contribution >= 4 is 56.3 Å². The lowest BCUT2D eigenvalue weighted by Crippen LogP contribution is -2.39. The molecule has 2 aliphatic heterocycles. The van der Waals surface area contributed by atoms with Gasteiger partial charge in [-0.3, -0.25) is 29.5 Å². The molecule has 0 saturated carbocycles. The van der Waals surface area contributed by atoms with Crippen molar-refractivity contribution in [2.24, 2.45) is 11.0 Å². The van der Waals surface area contributed by atoms with Crippen LogP contribution in [0.15, 0.2) is 58.1 Å². The van der Waals surface area contributed by atoms with E-state index in [1.807, 2.05) is 0 Å². The molecule has 0 spiro atoms. The molecule has 10 heteroatoms. The number of nitro groups is 1. The maximum Gasteiger partial charge on any atom is 0.293 e. The predicted molar refractivity (Wildman–Crippen MR) is 108 cm³/mol. The van der Waals surface area contributed by atoms with Crippen molar-refractivity contribution in [2.75, 3.05) is 9.91 Å². The summed E-state index contributed by atoms with van der Waals surface area (Å²) in [5.41, 5.74) is -0.0198. The molecule has 2 aliphatic rings. The van der Waals surface area contributed by atoms with Gasteiger partial charge >= 0.3 is 0 Å². The van der Waals surface area contributed by atoms with E-state index in [0.29, 0.717) is 5.69 Å². The number of fused-ring (bicyclic) bond motifs is 1. The zero-order valence-electron chi connectivity index (χ0n) is 15.0. The van der Waals surface area contributed by atoms with Gasteiger partial charge in [0.15, 0.2) is 5.78 Å². The number of para-hydroxylation sites is 2. The maximum atomic E-state index is 13.2. The molecule has 1 saturated heterocycles. The van der Waals surface area contributed by atoms with Gasteiger partial charge in [-0.15, -0.1) is 0 Å². The van der Waals surface area contributed by atoms with E-state index >= 15 is 0 Å². The van der Waals surface area contributed by atoms with Crippen LogP contribution in [0.3, 0.4) is 0 Å². The first-order valence-corrected chi connectivity index (χ1v) is 9.36.